The van der Waals surface area contributed by atoms with Gasteiger partial charge in [0, 0.05) is 59.1 Å². The first-order valence-electron chi connectivity index (χ1n) is 12.5. The zero-order valence-corrected chi connectivity index (χ0v) is 22.9. The monoisotopic (exact) mass is 558 g/mol. The molecule has 0 spiro atoms. The fourth-order valence-electron chi connectivity index (χ4n) is 4.64. The molecule has 1 fully saturated rings. The third kappa shape index (κ3) is 5.97. The van der Waals surface area contributed by atoms with Crippen molar-refractivity contribution >= 4 is 62.9 Å². The lowest BCUT2D eigenvalue weighted by Gasteiger charge is -2.36. The number of amides is 2. The number of rotatable bonds is 5. The Bertz CT molecular complexity index is 1520. The minimum absolute atomic E-state index is 0.0269. The fraction of sp³-hybridized carbons (Fsp3) is 0.167. The van der Waals surface area contributed by atoms with Crippen LogP contribution in [0.1, 0.15) is 20.7 Å². The Morgan fingerprint density at radius 2 is 1.51 bits per heavy atom. The van der Waals surface area contributed by atoms with Gasteiger partial charge in [0.05, 0.1) is 7.11 Å². The number of carbonyl (C=O) groups is 2. The summed E-state index contributed by atoms with van der Waals surface area (Å²) in [6, 6.07) is 25.9. The van der Waals surface area contributed by atoms with E-state index >= 15 is 0 Å². The lowest BCUT2D eigenvalue weighted by molar-refractivity contribution is 0.0746. The molecule has 2 amide bonds. The van der Waals surface area contributed by atoms with Gasteiger partial charge in [0.15, 0.2) is 5.11 Å². The van der Waals surface area contributed by atoms with Gasteiger partial charge in [-0.15, -0.1) is 0 Å². The molecule has 1 aliphatic rings. The highest BCUT2D eigenvalue weighted by Gasteiger charge is 2.22. The van der Waals surface area contributed by atoms with Gasteiger partial charge < -0.3 is 19.9 Å². The number of carbonyl (C=O) groups excluding carboxylic acids is 2. The van der Waals surface area contributed by atoms with Gasteiger partial charge in [0.25, 0.3) is 11.8 Å². The normalized spacial score (nSPS) is 13.2. The second-order valence-electron chi connectivity index (χ2n) is 9.10. The van der Waals surface area contributed by atoms with Gasteiger partial charge in [-0.25, -0.2) is 0 Å². The summed E-state index contributed by atoms with van der Waals surface area (Å²) in [5.41, 5.74) is 2.98. The molecule has 0 aromatic heterocycles. The molecule has 0 saturated carbocycles. The number of hydrogen-bond donors (Lipinski definition) is 2. The topological polar surface area (TPSA) is 73.9 Å². The van der Waals surface area contributed by atoms with E-state index in [9.17, 15) is 9.59 Å². The van der Waals surface area contributed by atoms with Crippen molar-refractivity contribution in [2.45, 2.75) is 0 Å². The first-order valence-corrected chi connectivity index (χ1v) is 13.3. The van der Waals surface area contributed by atoms with Crippen molar-refractivity contribution in [2.75, 3.05) is 43.5 Å². The molecule has 0 aliphatic carbocycles. The number of thiocarbonyl (C=S) groups is 1. The quantitative estimate of drug-likeness (QED) is 0.311. The van der Waals surface area contributed by atoms with E-state index in [1.54, 1.807) is 49.6 Å². The van der Waals surface area contributed by atoms with E-state index in [0.29, 0.717) is 29.2 Å². The van der Waals surface area contributed by atoms with Crippen LogP contribution in [0.15, 0.2) is 84.9 Å². The molecule has 0 unspecified atom stereocenters. The van der Waals surface area contributed by atoms with Crippen molar-refractivity contribution < 1.29 is 14.3 Å². The summed E-state index contributed by atoms with van der Waals surface area (Å²) in [6.45, 7) is 2.75. The maximum Gasteiger partial charge on any atom is 0.258 e. The Balaban J connectivity index is 1.15. The maximum atomic E-state index is 12.9. The zero-order valence-electron chi connectivity index (χ0n) is 21.3. The van der Waals surface area contributed by atoms with Gasteiger partial charge in [0.1, 0.15) is 5.75 Å². The number of benzene rings is 4. The SMILES string of the molecule is COc1ccc(C(=O)N2CCN(c3ccc(NC(=S)NC(=O)c4cccc5c(Cl)cccc45)cc3)CC2)cc1. The average molecular weight is 559 g/mol. The predicted octanol–water partition coefficient (Wildman–Crippen LogP) is 5.59. The molecule has 9 heteroatoms. The van der Waals surface area contributed by atoms with E-state index in [1.165, 1.54) is 0 Å². The average Bonchev–Trinajstić information content (AvgIpc) is 2.97. The molecule has 198 valence electrons. The molecule has 1 heterocycles. The van der Waals surface area contributed by atoms with Crippen molar-refractivity contribution in [1.82, 2.24) is 10.2 Å². The molecule has 0 atom stereocenters. The number of nitrogens with zero attached hydrogens (tertiary/aromatic N) is 2. The van der Waals surface area contributed by atoms with Crippen LogP contribution in [-0.4, -0.2) is 55.1 Å². The Morgan fingerprint density at radius 3 is 2.21 bits per heavy atom. The van der Waals surface area contributed by atoms with Crippen LogP contribution >= 0.6 is 23.8 Å². The minimum atomic E-state index is -0.306. The van der Waals surface area contributed by atoms with E-state index in [4.69, 9.17) is 28.6 Å². The first-order chi connectivity index (χ1) is 18.9. The summed E-state index contributed by atoms with van der Waals surface area (Å²) in [7, 11) is 1.61. The van der Waals surface area contributed by atoms with Crippen LogP contribution in [0.3, 0.4) is 0 Å². The highest BCUT2D eigenvalue weighted by molar-refractivity contribution is 7.80. The lowest BCUT2D eigenvalue weighted by Crippen LogP contribution is -2.48. The molecular weight excluding hydrogens is 532 g/mol. The van der Waals surface area contributed by atoms with Crippen LogP contribution in [0.25, 0.3) is 10.8 Å². The third-order valence-electron chi connectivity index (χ3n) is 6.73. The van der Waals surface area contributed by atoms with Crippen LogP contribution in [-0.2, 0) is 0 Å². The Hall–Kier alpha value is -4.14. The van der Waals surface area contributed by atoms with Crippen molar-refractivity contribution in [3.63, 3.8) is 0 Å². The largest absolute Gasteiger partial charge is 0.497 e. The number of piperazine rings is 1. The molecule has 4 aromatic rings. The summed E-state index contributed by atoms with van der Waals surface area (Å²) in [4.78, 5) is 29.9. The third-order valence-corrected chi connectivity index (χ3v) is 7.27. The van der Waals surface area contributed by atoms with E-state index in [0.717, 1.165) is 41.0 Å². The van der Waals surface area contributed by atoms with Gasteiger partial charge in [-0.3, -0.25) is 14.9 Å². The van der Waals surface area contributed by atoms with Crippen LogP contribution < -0.4 is 20.3 Å². The van der Waals surface area contributed by atoms with Crippen LogP contribution in [0.2, 0.25) is 5.02 Å². The summed E-state index contributed by atoms with van der Waals surface area (Å²) < 4.78 is 5.17. The highest BCUT2D eigenvalue weighted by Crippen LogP contribution is 2.26. The molecule has 2 N–H and O–H groups in total. The van der Waals surface area contributed by atoms with Crippen molar-refractivity contribution in [3.05, 3.63) is 101 Å². The fourth-order valence-corrected chi connectivity index (χ4v) is 5.09. The highest BCUT2D eigenvalue weighted by atomic mass is 35.5. The number of anilines is 2. The molecule has 0 radical (unpaired) electrons. The van der Waals surface area contributed by atoms with Gasteiger partial charge in [0.2, 0.25) is 0 Å². The van der Waals surface area contributed by atoms with E-state index < -0.39 is 0 Å². The van der Waals surface area contributed by atoms with Crippen molar-refractivity contribution in [3.8, 4) is 5.75 Å². The molecule has 1 aliphatic heterocycles. The standard InChI is InChI=1S/C30H27ClN4O3S/c1-38-23-14-8-20(9-15-23)29(37)35-18-16-34(17-19-35)22-12-10-21(11-13-22)32-30(39)33-28(36)26-6-2-5-25-24(26)4-3-7-27(25)31/h2-15H,16-19H2,1H3,(H2,32,33,36,39). The number of nitrogens with one attached hydrogen (secondary N) is 2. The van der Waals surface area contributed by atoms with Crippen molar-refractivity contribution in [1.29, 1.82) is 0 Å². The molecule has 0 bridgehead atoms. The van der Waals surface area contributed by atoms with Gasteiger partial charge in [-0.2, -0.15) is 0 Å². The molecule has 39 heavy (non-hydrogen) atoms. The number of ether oxygens (including phenoxy) is 1. The smallest absolute Gasteiger partial charge is 0.258 e. The molecule has 7 nitrogen and oxygen atoms in total. The molecular formula is C30H27ClN4O3S. The van der Waals surface area contributed by atoms with E-state index in [-0.39, 0.29) is 16.9 Å². The van der Waals surface area contributed by atoms with Gasteiger partial charge >= 0.3 is 0 Å². The lowest BCUT2D eigenvalue weighted by atomic mass is 10.0. The summed E-state index contributed by atoms with van der Waals surface area (Å²) in [6.07, 6.45) is 0. The van der Waals surface area contributed by atoms with E-state index in [2.05, 4.69) is 15.5 Å². The molecule has 1 saturated heterocycles. The Kier molecular flexibility index (Phi) is 7.95. The summed E-state index contributed by atoms with van der Waals surface area (Å²) in [5.74, 6) is 0.450. The number of hydrogen-bond acceptors (Lipinski definition) is 5. The second kappa shape index (κ2) is 11.7. The van der Waals surface area contributed by atoms with Crippen molar-refractivity contribution in [2.24, 2.45) is 0 Å². The maximum absolute atomic E-state index is 12.9. The molecule has 5 rings (SSSR count). The first kappa shape index (κ1) is 26.5. The Labute approximate surface area is 237 Å². The summed E-state index contributed by atoms with van der Waals surface area (Å²) in [5, 5.41) is 8.20. The number of halogens is 1. The van der Waals surface area contributed by atoms with Crippen LogP contribution in [0.5, 0.6) is 5.75 Å². The number of methoxy groups -OCH3 is 1. The van der Waals surface area contributed by atoms with Gasteiger partial charge in [-0.05, 0) is 78.3 Å². The molecule has 4 aromatic carbocycles. The summed E-state index contributed by atoms with van der Waals surface area (Å²) >= 11 is 11.7. The zero-order chi connectivity index (χ0) is 27.4. The number of fused-ring (bicyclic) bond motifs is 1. The predicted molar refractivity (Wildman–Crippen MR) is 160 cm³/mol. The second-order valence-corrected chi connectivity index (χ2v) is 9.92. The Morgan fingerprint density at radius 1 is 0.846 bits per heavy atom. The van der Waals surface area contributed by atoms with E-state index in [1.807, 2.05) is 47.4 Å². The minimum Gasteiger partial charge on any atom is -0.497 e. The van der Waals surface area contributed by atoms with Gasteiger partial charge in [-0.1, -0.05) is 35.9 Å². The van der Waals surface area contributed by atoms with Crippen LogP contribution in [0, 0.1) is 0 Å². The van der Waals surface area contributed by atoms with Crippen LogP contribution in [0.4, 0.5) is 11.4 Å².